The van der Waals surface area contributed by atoms with Gasteiger partial charge in [-0.25, -0.2) is 9.19 Å². The maximum atomic E-state index is 11.0. The van der Waals surface area contributed by atoms with Crippen LogP contribution in [0.3, 0.4) is 0 Å². The zero-order chi connectivity index (χ0) is 12.1. The molecule has 0 amide bonds. The molecule has 4 nitrogen and oxygen atoms in total. The van der Waals surface area contributed by atoms with Crippen LogP contribution in [0.2, 0.25) is 0 Å². The van der Waals surface area contributed by atoms with Crippen molar-refractivity contribution in [2.24, 2.45) is 0 Å². The molecule has 1 aromatic heterocycles. The first-order chi connectivity index (χ1) is 8.27. The summed E-state index contributed by atoms with van der Waals surface area (Å²) in [6.45, 7) is 0.344. The molecular weight excluding hydrogens is 238 g/mol. The summed E-state index contributed by atoms with van der Waals surface area (Å²) in [6.07, 6.45) is 1.46. The average molecular weight is 249 g/mol. The van der Waals surface area contributed by atoms with Crippen LogP contribution < -0.4 is 4.74 Å². The maximum absolute atomic E-state index is 11.0. The average Bonchev–Trinajstić information content (AvgIpc) is 2.38. The van der Waals surface area contributed by atoms with Crippen LogP contribution in [0.25, 0.3) is 0 Å². The van der Waals surface area contributed by atoms with Gasteiger partial charge in [0, 0.05) is 6.20 Å². The smallest absolute Gasteiger partial charge is 0.209 e. The standard InChI is InChI=1S/C12H11NO3S/c14-17(15)12-11(7-4-8-13-12)16-9-10-5-2-1-3-6-10/h1-8H,9H2,(H,14,15). The van der Waals surface area contributed by atoms with Gasteiger partial charge in [0.25, 0.3) is 0 Å². The second kappa shape index (κ2) is 5.56. The molecule has 5 heteroatoms. The third kappa shape index (κ3) is 3.12. The first-order valence-electron chi connectivity index (χ1n) is 5.00. The van der Waals surface area contributed by atoms with Crippen molar-refractivity contribution in [3.63, 3.8) is 0 Å². The number of ether oxygens (including phenoxy) is 1. The van der Waals surface area contributed by atoms with E-state index in [-0.39, 0.29) is 5.03 Å². The van der Waals surface area contributed by atoms with Gasteiger partial charge in [-0.3, -0.25) is 0 Å². The third-order valence-corrected chi connectivity index (χ3v) is 2.78. The Morgan fingerprint density at radius 1 is 1.18 bits per heavy atom. The molecule has 1 N–H and O–H groups in total. The summed E-state index contributed by atoms with van der Waals surface area (Å²) in [5, 5.41) is 0.0448. The predicted molar refractivity (Wildman–Crippen MR) is 64.0 cm³/mol. The van der Waals surface area contributed by atoms with Crippen LogP contribution in [-0.4, -0.2) is 13.7 Å². The largest absolute Gasteiger partial charge is 0.486 e. The molecular formula is C12H11NO3S. The lowest BCUT2D eigenvalue weighted by Crippen LogP contribution is -2.01. The molecule has 0 saturated carbocycles. The lowest BCUT2D eigenvalue weighted by molar-refractivity contribution is 0.295. The summed E-state index contributed by atoms with van der Waals surface area (Å²) in [7, 11) is 0. The Balaban J connectivity index is 2.12. The Labute approximate surface area is 102 Å². The Kier molecular flexibility index (Phi) is 3.85. The lowest BCUT2D eigenvalue weighted by Gasteiger charge is -2.08. The van der Waals surface area contributed by atoms with E-state index in [9.17, 15) is 4.21 Å². The quantitative estimate of drug-likeness (QED) is 0.844. The fourth-order valence-corrected chi connectivity index (χ4v) is 1.80. The van der Waals surface area contributed by atoms with Gasteiger partial charge in [0.1, 0.15) is 6.61 Å². The number of hydrogen-bond acceptors (Lipinski definition) is 3. The van der Waals surface area contributed by atoms with Gasteiger partial charge in [-0.15, -0.1) is 0 Å². The minimum absolute atomic E-state index is 0.0448. The van der Waals surface area contributed by atoms with Crippen LogP contribution in [0.15, 0.2) is 53.7 Å². The highest BCUT2D eigenvalue weighted by Crippen LogP contribution is 2.19. The lowest BCUT2D eigenvalue weighted by atomic mass is 10.2. The SMILES string of the molecule is O=S(O)c1ncccc1OCc1ccccc1. The number of rotatable bonds is 4. The molecule has 1 unspecified atom stereocenters. The zero-order valence-electron chi connectivity index (χ0n) is 8.95. The van der Waals surface area contributed by atoms with E-state index in [2.05, 4.69) is 4.98 Å². The molecule has 2 aromatic rings. The Morgan fingerprint density at radius 3 is 2.65 bits per heavy atom. The van der Waals surface area contributed by atoms with Crippen molar-refractivity contribution in [2.75, 3.05) is 0 Å². The maximum Gasteiger partial charge on any atom is 0.209 e. The Bertz CT molecular complexity index is 516. The molecule has 88 valence electrons. The Morgan fingerprint density at radius 2 is 1.94 bits per heavy atom. The number of aromatic nitrogens is 1. The molecule has 0 aliphatic carbocycles. The van der Waals surface area contributed by atoms with Gasteiger partial charge >= 0.3 is 0 Å². The summed E-state index contributed by atoms with van der Waals surface area (Å²) in [6, 6.07) is 12.9. The molecule has 17 heavy (non-hydrogen) atoms. The van der Waals surface area contributed by atoms with E-state index in [1.807, 2.05) is 30.3 Å². The molecule has 1 heterocycles. The van der Waals surface area contributed by atoms with Gasteiger partial charge in [0.05, 0.1) is 0 Å². The molecule has 0 radical (unpaired) electrons. The van der Waals surface area contributed by atoms with E-state index in [1.165, 1.54) is 6.20 Å². The number of pyridine rings is 1. The van der Waals surface area contributed by atoms with Gasteiger partial charge in [0.15, 0.2) is 10.8 Å². The number of nitrogens with zero attached hydrogens (tertiary/aromatic N) is 1. The van der Waals surface area contributed by atoms with E-state index in [1.54, 1.807) is 12.1 Å². The van der Waals surface area contributed by atoms with Crippen molar-refractivity contribution in [1.82, 2.24) is 4.98 Å². The fraction of sp³-hybridized carbons (Fsp3) is 0.0833. The second-order valence-corrected chi connectivity index (χ2v) is 4.22. The van der Waals surface area contributed by atoms with Gasteiger partial charge in [-0.1, -0.05) is 30.3 Å². The molecule has 1 aromatic carbocycles. The van der Waals surface area contributed by atoms with E-state index >= 15 is 0 Å². The van der Waals surface area contributed by atoms with E-state index in [0.29, 0.717) is 12.4 Å². The van der Waals surface area contributed by atoms with Crippen molar-refractivity contribution >= 4 is 11.1 Å². The van der Waals surface area contributed by atoms with E-state index < -0.39 is 11.1 Å². The minimum Gasteiger partial charge on any atom is -0.486 e. The highest BCUT2D eigenvalue weighted by atomic mass is 32.2. The van der Waals surface area contributed by atoms with Crippen LogP contribution in [0.5, 0.6) is 5.75 Å². The van der Waals surface area contributed by atoms with Crippen LogP contribution in [0, 0.1) is 0 Å². The normalized spacial score (nSPS) is 12.1. The van der Waals surface area contributed by atoms with Crippen LogP contribution in [-0.2, 0) is 17.7 Å². The molecule has 1 atom stereocenters. The van der Waals surface area contributed by atoms with Gasteiger partial charge in [-0.05, 0) is 17.7 Å². The predicted octanol–water partition coefficient (Wildman–Crippen LogP) is 2.24. The fourth-order valence-electron chi connectivity index (χ4n) is 1.35. The van der Waals surface area contributed by atoms with Crippen LogP contribution in [0.1, 0.15) is 5.56 Å². The van der Waals surface area contributed by atoms with Crippen molar-refractivity contribution in [2.45, 2.75) is 11.6 Å². The van der Waals surface area contributed by atoms with Crippen molar-refractivity contribution < 1.29 is 13.5 Å². The first-order valence-corrected chi connectivity index (χ1v) is 6.10. The summed E-state index contributed by atoms with van der Waals surface area (Å²) >= 11 is -2.13. The summed E-state index contributed by atoms with van der Waals surface area (Å²) in [5.74, 6) is 0.331. The Hall–Kier alpha value is -1.72. The van der Waals surface area contributed by atoms with Gasteiger partial charge in [-0.2, -0.15) is 0 Å². The van der Waals surface area contributed by atoms with Crippen molar-refractivity contribution in [1.29, 1.82) is 0 Å². The molecule has 0 spiro atoms. The monoisotopic (exact) mass is 249 g/mol. The molecule has 0 bridgehead atoms. The zero-order valence-corrected chi connectivity index (χ0v) is 9.76. The van der Waals surface area contributed by atoms with Gasteiger partial charge < -0.3 is 9.29 Å². The number of hydrogen-bond donors (Lipinski definition) is 1. The molecule has 2 rings (SSSR count). The molecule has 0 aliphatic heterocycles. The van der Waals surface area contributed by atoms with Gasteiger partial charge in [0.2, 0.25) is 11.1 Å². The third-order valence-electron chi connectivity index (χ3n) is 2.14. The minimum atomic E-state index is -2.13. The van der Waals surface area contributed by atoms with Crippen molar-refractivity contribution in [3.05, 3.63) is 54.2 Å². The summed E-state index contributed by atoms with van der Waals surface area (Å²) in [4.78, 5) is 3.82. The topological polar surface area (TPSA) is 59.4 Å². The summed E-state index contributed by atoms with van der Waals surface area (Å²) in [5.41, 5.74) is 0.992. The number of benzene rings is 1. The molecule has 0 aliphatic rings. The first kappa shape index (κ1) is 11.8. The molecule has 0 fully saturated rings. The van der Waals surface area contributed by atoms with Crippen molar-refractivity contribution in [3.8, 4) is 5.75 Å². The van der Waals surface area contributed by atoms with E-state index in [0.717, 1.165) is 5.56 Å². The highest BCUT2D eigenvalue weighted by molar-refractivity contribution is 7.79. The second-order valence-electron chi connectivity index (χ2n) is 3.33. The van der Waals surface area contributed by atoms with E-state index in [4.69, 9.17) is 9.29 Å². The summed E-state index contributed by atoms with van der Waals surface area (Å²) < 4.78 is 25.5. The highest BCUT2D eigenvalue weighted by Gasteiger charge is 2.09. The van der Waals surface area contributed by atoms with Crippen LogP contribution >= 0.6 is 0 Å². The molecule has 0 saturated heterocycles. The van der Waals surface area contributed by atoms with Crippen LogP contribution in [0.4, 0.5) is 0 Å².